The smallest absolute Gasteiger partial charge is 0.251 e. The normalized spacial score (nSPS) is 12.3. The second kappa shape index (κ2) is 40.3. The SMILES string of the molecule is CCC(CO)Nc1ccc(-c2cc(NC[C@@H](C)c3cccc4c(C(=O)NC)ccnc34)ncn2)cn1.CNC(=O)c1ccnc2c([C@H](C)CNc3cc(-c4ccc(NCCC(C)C)nc4)ncn3)cccc12.S.S.S.[2H]C([2H])([2H])NC(=O)c1ccnc2c([C@H](C)CNc3cc(-c4cnc(C)nc4)ncn3)cccc12. The molecule has 12 rings (SSSR count). The Morgan fingerprint density at radius 2 is 0.830 bits per heavy atom. The predicted molar refractivity (Wildman–Crippen MR) is 438 cm³/mol. The Morgan fingerprint density at radius 1 is 0.443 bits per heavy atom. The second-order valence-corrected chi connectivity index (χ2v) is 25.1. The molecule has 1 unspecified atom stereocenters. The summed E-state index contributed by atoms with van der Waals surface area (Å²) in [7, 11) is 3.26. The van der Waals surface area contributed by atoms with Crippen LogP contribution >= 0.6 is 40.5 Å². The largest absolute Gasteiger partial charge is 0.394 e. The van der Waals surface area contributed by atoms with Gasteiger partial charge in [-0.05, 0) is 84.8 Å². The summed E-state index contributed by atoms with van der Waals surface area (Å²) in [4.78, 5) is 94.2. The van der Waals surface area contributed by atoms with E-state index in [1.165, 1.54) is 24.9 Å². The number of carbonyl (C=O) groups excluding carboxylic acids is 3. The van der Waals surface area contributed by atoms with Crippen molar-refractivity contribution >= 4 is 120 Å². The third-order valence-corrected chi connectivity index (χ3v) is 17.4. The average molecular weight is 1490 g/mol. The molecule has 0 fully saturated rings. The number of fused-ring (bicyclic) bond motifs is 3. The van der Waals surface area contributed by atoms with Crippen LogP contribution in [0.25, 0.3) is 66.5 Å². The highest BCUT2D eigenvalue weighted by Crippen LogP contribution is 2.31. The zero-order chi connectivity index (χ0) is 75.3. The Hall–Kier alpha value is -11.1. The predicted octanol–water partition coefficient (Wildman–Crippen LogP) is 12.7. The van der Waals surface area contributed by atoms with Crippen LogP contribution in [0, 0.1) is 12.8 Å². The van der Waals surface area contributed by atoms with Gasteiger partial charge in [-0.2, -0.15) is 40.5 Å². The summed E-state index contributed by atoms with van der Waals surface area (Å²) in [6, 6.07) is 35.9. The van der Waals surface area contributed by atoms with E-state index in [-0.39, 0.29) is 88.3 Å². The second-order valence-electron chi connectivity index (χ2n) is 25.1. The van der Waals surface area contributed by atoms with Crippen LogP contribution in [0.4, 0.5) is 29.1 Å². The number of benzene rings is 3. The van der Waals surface area contributed by atoms with Crippen molar-refractivity contribution in [1.29, 1.82) is 0 Å². The molecule has 0 bridgehead atoms. The van der Waals surface area contributed by atoms with E-state index < -0.39 is 12.9 Å². The van der Waals surface area contributed by atoms with Crippen molar-refractivity contribution in [2.45, 2.75) is 85.1 Å². The van der Waals surface area contributed by atoms with E-state index in [1.807, 2.05) is 117 Å². The molecule has 3 aromatic carbocycles. The van der Waals surface area contributed by atoms with Crippen molar-refractivity contribution in [1.82, 2.24) is 80.7 Å². The topological polar surface area (TPSA) is 335 Å². The number of rotatable bonds is 26. The fraction of sp³-hybridized carbons (Fsp3) is 0.282. The van der Waals surface area contributed by atoms with Gasteiger partial charge >= 0.3 is 0 Å². The van der Waals surface area contributed by atoms with Gasteiger partial charge in [0.2, 0.25) is 0 Å². The maximum Gasteiger partial charge on any atom is 0.251 e. The molecule has 9 aromatic heterocycles. The van der Waals surface area contributed by atoms with Crippen molar-refractivity contribution in [3.05, 3.63) is 217 Å². The Kier molecular flexibility index (Phi) is 29.5. The molecule has 0 aliphatic heterocycles. The van der Waals surface area contributed by atoms with E-state index in [1.54, 1.807) is 69.6 Å². The molecule has 106 heavy (non-hydrogen) atoms. The first-order valence-electron chi connectivity index (χ1n) is 35.6. The van der Waals surface area contributed by atoms with Crippen LogP contribution in [0.3, 0.4) is 0 Å². The summed E-state index contributed by atoms with van der Waals surface area (Å²) in [5.74, 6) is 4.38. The Morgan fingerprint density at radius 3 is 1.19 bits per heavy atom. The van der Waals surface area contributed by atoms with Gasteiger partial charge in [-0.25, -0.2) is 49.8 Å². The molecule has 4 atom stereocenters. The van der Waals surface area contributed by atoms with E-state index in [0.29, 0.717) is 76.6 Å². The molecular formula is C78H93N21O4S3. The van der Waals surface area contributed by atoms with Crippen molar-refractivity contribution in [2.75, 3.05) is 80.4 Å². The van der Waals surface area contributed by atoms with E-state index in [2.05, 4.69) is 136 Å². The minimum Gasteiger partial charge on any atom is -0.394 e. The lowest BCUT2D eigenvalue weighted by Gasteiger charge is -2.16. The summed E-state index contributed by atoms with van der Waals surface area (Å²) in [6.45, 7) is 14.8. The zero-order valence-electron chi connectivity index (χ0n) is 63.6. The molecule has 0 radical (unpaired) electrons. The number of nitrogens with one attached hydrogen (secondary N) is 8. The summed E-state index contributed by atoms with van der Waals surface area (Å²) >= 11 is 0. The first-order chi connectivity index (χ1) is 51.2. The number of pyridine rings is 5. The number of anilines is 5. The summed E-state index contributed by atoms with van der Waals surface area (Å²) in [5.41, 5.74) is 11.7. The number of hydrogen-bond donors (Lipinski definition) is 9. The molecule has 9 N–H and O–H groups in total. The molecule has 0 aliphatic carbocycles. The van der Waals surface area contributed by atoms with Gasteiger partial charge in [-0.3, -0.25) is 29.3 Å². The first kappa shape index (κ1) is 77.5. The van der Waals surface area contributed by atoms with Crippen LogP contribution in [0.15, 0.2) is 178 Å². The van der Waals surface area contributed by atoms with Gasteiger partial charge in [0.25, 0.3) is 17.7 Å². The minimum absolute atomic E-state index is 0. The average Bonchev–Trinajstić information content (AvgIpc) is 0.798. The number of nitrogens with zero attached hydrogens (tertiary/aromatic N) is 13. The molecule has 3 amide bonds. The minimum atomic E-state index is -2.57. The standard InChI is InChI=1S/C28H33N7O.C27H31N7O2.C23H23N7O.3H2S/c1-18(2)10-12-30-25-9-8-20(16-33-25)24-14-26(35-17-34-24)32-15-19(3)21-6-5-7-22-23(28(36)29-4)11-13-31-27(21)22;1-4-19(15-35)34-24-9-8-18(14-31-24)23-12-25(33-16-32-23)30-13-17(2)20-6-5-7-21-22(27(36)28-3)10-11-29-26(20)21;1-14(17-5-4-6-18-19(23(31)24-3)7-8-25-22(17)18)10-28-21-9-20(29-13-30-21)16-11-26-15(2)27-12-16;;;/h5-9,11,13-14,16-19H,10,12,15H2,1-4H3,(H,29,36)(H,30,33)(H,32,34,35);5-12,14,16-17,19,35H,4,13,15H2,1-3H3,(H,28,36)(H,31,34)(H,30,32,33);4-9,11-14H,10H2,1-3H3,(H,24,31)(H,28,29,30);3*1H2/t19-;17-,19?;14-;;;/m111.../s1/i;;3D3;;;. The number of para-hydroxylation sites is 3. The van der Waals surface area contributed by atoms with Crippen LogP contribution in [0.2, 0.25) is 0 Å². The van der Waals surface area contributed by atoms with Crippen LogP contribution in [0.1, 0.15) is 130 Å². The van der Waals surface area contributed by atoms with Gasteiger partial charge < -0.3 is 47.6 Å². The molecule has 28 heteroatoms. The number of hydrogen-bond acceptors (Lipinski definition) is 22. The van der Waals surface area contributed by atoms with Gasteiger partial charge in [0, 0.05) is 164 Å². The van der Waals surface area contributed by atoms with E-state index in [0.717, 1.165) is 97.6 Å². The molecule has 0 aliphatic rings. The van der Waals surface area contributed by atoms with Crippen molar-refractivity contribution in [3.8, 4) is 33.8 Å². The maximum absolute atomic E-state index is 12.5. The molecule has 552 valence electrons. The third-order valence-electron chi connectivity index (χ3n) is 17.4. The van der Waals surface area contributed by atoms with E-state index in [4.69, 9.17) is 4.11 Å². The first-order valence-corrected chi connectivity index (χ1v) is 34.1. The number of aryl methyl sites for hydroxylation is 1. The molecule has 0 saturated carbocycles. The van der Waals surface area contributed by atoms with Crippen LogP contribution in [-0.4, -0.2) is 148 Å². The lowest BCUT2D eigenvalue weighted by atomic mass is 9.96. The summed E-state index contributed by atoms with van der Waals surface area (Å²) in [6.07, 6.45) is 18.4. The van der Waals surface area contributed by atoms with Gasteiger partial charge in [-0.1, -0.05) is 96.1 Å². The Labute approximate surface area is 642 Å². The zero-order valence-corrected chi connectivity index (χ0v) is 63.6. The molecule has 25 nitrogen and oxygen atoms in total. The number of aromatic nitrogens is 13. The summed E-state index contributed by atoms with van der Waals surface area (Å²) < 4.78 is 21.9. The van der Waals surface area contributed by atoms with Gasteiger partial charge in [0.1, 0.15) is 53.9 Å². The third kappa shape index (κ3) is 21.3. The van der Waals surface area contributed by atoms with E-state index in [9.17, 15) is 19.5 Å². The highest BCUT2D eigenvalue weighted by Gasteiger charge is 2.20. The van der Waals surface area contributed by atoms with Crippen molar-refractivity contribution in [2.24, 2.45) is 5.92 Å². The maximum atomic E-state index is 12.5. The number of aliphatic hydroxyl groups excluding tert-OH is 1. The van der Waals surface area contributed by atoms with Gasteiger partial charge in [0.15, 0.2) is 0 Å². The van der Waals surface area contributed by atoms with Crippen molar-refractivity contribution < 1.29 is 23.6 Å². The van der Waals surface area contributed by atoms with E-state index >= 15 is 0 Å². The van der Waals surface area contributed by atoms with Crippen LogP contribution < -0.4 is 42.5 Å². The lowest BCUT2D eigenvalue weighted by Crippen LogP contribution is -2.23. The number of aliphatic hydroxyl groups is 1. The molecule has 0 spiro atoms. The number of carbonyl (C=O) groups is 3. The lowest BCUT2D eigenvalue weighted by molar-refractivity contribution is 0.0956. The highest BCUT2D eigenvalue weighted by molar-refractivity contribution is 7.59. The molecule has 0 saturated heterocycles. The molecular weight excluding hydrogens is 1390 g/mol. The van der Waals surface area contributed by atoms with Crippen LogP contribution in [-0.2, 0) is 0 Å². The van der Waals surface area contributed by atoms with Crippen molar-refractivity contribution in [3.63, 3.8) is 0 Å². The van der Waals surface area contributed by atoms with Gasteiger partial charge in [0.05, 0.1) is 63.0 Å². The molecule has 9 heterocycles. The Bertz CT molecular complexity index is 4980. The number of amides is 3. The monoisotopic (exact) mass is 1490 g/mol. The Balaban J connectivity index is 0.000000225. The molecule has 12 aromatic rings. The van der Waals surface area contributed by atoms with Gasteiger partial charge in [-0.15, -0.1) is 0 Å². The fourth-order valence-corrected chi connectivity index (χ4v) is 11.4. The highest BCUT2D eigenvalue weighted by atomic mass is 32.1. The summed E-state index contributed by atoms with van der Waals surface area (Å²) in [5, 5.41) is 35.8. The van der Waals surface area contributed by atoms with Crippen LogP contribution in [0.5, 0.6) is 0 Å². The fourth-order valence-electron chi connectivity index (χ4n) is 11.4. The quantitative estimate of drug-likeness (QED) is 0.0243.